The summed E-state index contributed by atoms with van der Waals surface area (Å²) in [4.78, 5) is 4.58. The van der Waals surface area contributed by atoms with Crippen molar-refractivity contribution < 1.29 is 9.15 Å². The standard InChI is InChI=1S/C16H11NO2/c1-18-15-10-6-2-4-8-12(10)17-16-14(15)11-7-3-5-9-13(11)19-16/h2-9H,1H3. The summed E-state index contributed by atoms with van der Waals surface area (Å²) in [5, 5.41) is 2.98. The second kappa shape index (κ2) is 3.72. The Labute approximate surface area is 109 Å². The summed E-state index contributed by atoms with van der Waals surface area (Å²) in [6.45, 7) is 0. The second-order valence-corrected chi connectivity index (χ2v) is 4.44. The highest BCUT2D eigenvalue weighted by Crippen LogP contribution is 2.38. The molecule has 2 aromatic carbocycles. The Morgan fingerprint density at radius 1 is 0.947 bits per heavy atom. The molecule has 0 aliphatic carbocycles. The number of nitrogens with zero attached hydrogens (tertiary/aromatic N) is 1. The van der Waals surface area contributed by atoms with E-state index in [1.807, 2.05) is 48.5 Å². The van der Waals surface area contributed by atoms with Gasteiger partial charge in [-0.05, 0) is 18.2 Å². The summed E-state index contributed by atoms with van der Waals surface area (Å²) in [7, 11) is 1.68. The van der Waals surface area contributed by atoms with Gasteiger partial charge in [0.25, 0.3) is 0 Å². The number of methoxy groups -OCH3 is 1. The van der Waals surface area contributed by atoms with Gasteiger partial charge in [0, 0.05) is 10.8 Å². The van der Waals surface area contributed by atoms with Crippen molar-refractivity contribution in [2.75, 3.05) is 7.11 Å². The molecule has 0 spiro atoms. The van der Waals surface area contributed by atoms with Crippen molar-refractivity contribution in [2.24, 2.45) is 0 Å². The molecule has 0 aliphatic heterocycles. The smallest absolute Gasteiger partial charge is 0.231 e. The highest BCUT2D eigenvalue weighted by Gasteiger charge is 2.16. The Morgan fingerprint density at radius 2 is 1.68 bits per heavy atom. The molecule has 0 unspecified atom stereocenters. The summed E-state index contributed by atoms with van der Waals surface area (Å²) in [6, 6.07) is 15.8. The maximum atomic E-state index is 5.81. The Morgan fingerprint density at radius 3 is 2.53 bits per heavy atom. The van der Waals surface area contributed by atoms with Crippen molar-refractivity contribution in [3.63, 3.8) is 0 Å². The first kappa shape index (κ1) is 10.4. The number of benzene rings is 2. The molecule has 0 atom stereocenters. The third kappa shape index (κ3) is 1.35. The van der Waals surface area contributed by atoms with E-state index < -0.39 is 0 Å². The minimum atomic E-state index is 0.622. The largest absolute Gasteiger partial charge is 0.495 e. The summed E-state index contributed by atoms with van der Waals surface area (Å²) >= 11 is 0. The van der Waals surface area contributed by atoms with E-state index in [2.05, 4.69) is 4.98 Å². The van der Waals surface area contributed by atoms with E-state index >= 15 is 0 Å². The monoisotopic (exact) mass is 249 g/mol. The number of aromatic nitrogens is 1. The van der Waals surface area contributed by atoms with Crippen molar-refractivity contribution >= 4 is 33.0 Å². The highest BCUT2D eigenvalue weighted by atomic mass is 16.5. The van der Waals surface area contributed by atoms with Gasteiger partial charge < -0.3 is 9.15 Å². The van der Waals surface area contributed by atoms with E-state index in [9.17, 15) is 0 Å². The van der Waals surface area contributed by atoms with E-state index in [-0.39, 0.29) is 0 Å². The van der Waals surface area contributed by atoms with Crippen LogP contribution >= 0.6 is 0 Å². The number of hydrogen-bond acceptors (Lipinski definition) is 3. The second-order valence-electron chi connectivity index (χ2n) is 4.44. The number of fused-ring (bicyclic) bond motifs is 4. The van der Waals surface area contributed by atoms with Crippen LogP contribution in [-0.4, -0.2) is 12.1 Å². The molecule has 4 aromatic rings. The molecule has 0 saturated carbocycles. The van der Waals surface area contributed by atoms with Crippen molar-refractivity contribution in [1.29, 1.82) is 0 Å². The van der Waals surface area contributed by atoms with Gasteiger partial charge in [-0.1, -0.05) is 30.3 Å². The Balaban J connectivity index is 2.33. The fourth-order valence-electron chi connectivity index (χ4n) is 2.55. The Bertz CT molecular complexity index is 908. The van der Waals surface area contributed by atoms with E-state index in [1.165, 1.54) is 0 Å². The molecule has 0 N–H and O–H groups in total. The van der Waals surface area contributed by atoms with E-state index in [0.717, 1.165) is 33.0 Å². The molecule has 19 heavy (non-hydrogen) atoms. The van der Waals surface area contributed by atoms with E-state index in [1.54, 1.807) is 7.11 Å². The lowest BCUT2D eigenvalue weighted by molar-refractivity contribution is 0.424. The number of ether oxygens (including phenoxy) is 1. The van der Waals surface area contributed by atoms with Gasteiger partial charge in [-0.3, -0.25) is 0 Å². The Kier molecular flexibility index (Phi) is 2.03. The average molecular weight is 249 g/mol. The third-order valence-electron chi connectivity index (χ3n) is 3.38. The van der Waals surface area contributed by atoms with Crippen LogP contribution in [0, 0.1) is 0 Å². The van der Waals surface area contributed by atoms with Gasteiger partial charge in [0.2, 0.25) is 5.71 Å². The molecular weight excluding hydrogens is 238 g/mol. The van der Waals surface area contributed by atoms with Gasteiger partial charge in [0.1, 0.15) is 11.3 Å². The topological polar surface area (TPSA) is 35.3 Å². The number of pyridine rings is 1. The van der Waals surface area contributed by atoms with Gasteiger partial charge in [-0.2, -0.15) is 0 Å². The molecule has 4 rings (SSSR count). The molecule has 0 radical (unpaired) electrons. The SMILES string of the molecule is COc1c2ccccc2nc2oc3ccccc3c12. The minimum absolute atomic E-state index is 0.622. The summed E-state index contributed by atoms with van der Waals surface area (Å²) in [6.07, 6.45) is 0. The van der Waals surface area contributed by atoms with Gasteiger partial charge in [0.15, 0.2) is 0 Å². The molecule has 0 bridgehead atoms. The molecule has 2 heterocycles. The van der Waals surface area contributed by atoms with Gasteiger partial charge in [-0.25, -0.2) is 4.98 Å². The zero-order valence-corrected chi connectivity index (χ0v) is 10.4. The average Bonchev–Trinajstić information content (AvgIpc) is 2.82. The first-order chi connectivity index (χ1) is 9.38. The summed E-state index contributed by atoms with van der Waals surface area (Å²) in [5.41, 5.74) is 2.33. The van der Waals surface area contributed by atoms with Crippen molar-refractivity contribution in [3.05, 3.63) is 48.5 Å². The summed E-state index contributed by atoms with van der Waals surface area (Å²) < 4.78 is 11.4. The Hall–Kier alpha value is -2.55. The van der Waals surface area contributed by atoms with Gasteiger partial charge in [-0.15, -0.1) is 0 Å². The first-order valence-corrected chi connectivity index (χ1v) is 6.12. The van der Waals surface area contributed by atoms with Crippen LogP contribution in [0.5, 0.6) is 5.75 Å². The van der Waals surface area contributed by atoms with Crippen LogP contribution in [0.25, 0.3) is 33.0 Å². The lowest BCUT2D eigenvalue weighted by Crippen LogP contribution is -1.88. The predicted molar refractivity (Wildman–Crippen MR) is 75.6 cm³/mol. The molecule has 0 aliphatic rings. The fraction of sp³-hybridized carbons (Fsp3) is 0.0625. The number of para-hydroxylation sites is 2. The molecule has 0 fully saturated rings. The van der Waals surface area contributed by atoms with Crippen LogP contribution in [0.1, 0.15) is 0 Å². The molecule has 0 amide bonds. The summed E-state index contributed by atoms with van der Waals surface area (Å²) in [5.74, 6) is 0.825. The quantitative estimate of drug-likeness (QED) is 0.508. The first-order valence-electron chi connectivity index (χ1n) is 6.12. The van der Waals surface area contributed by atoms with Crippen molar-refractivity contribution in [3.8, 4) is 5.75 Å². The maximum Gasteiger partial charge on any atom is 0.231 e. The number of hydrogen-bond donors (Lipinski definition) is 0. The van der Waals surface area contributed by atoms with Crippen molar-refractivity contribution in [2.45, 2.75) is 0 Å². The molecule has 92 valence electrons. The zero-order valence-electron chi connectivity index (χ0n) is 10.4. The molecule has 0 saturated heterocycles. The zero-order chi connectivity index (χ0) is 12.8. The van der Waals surface area contributed by atoms with Crippen LogP contribution < -0.4 is 4.74 Å². The van der Waals surface area contributed by atoms with Crippen LogP contribution in [0.2, 0.25) is 0 Å². The third-order valence-corrected chi connectivity index (χ3v) is 3.38. The normalized spacial score (nSPS) is 11.4. The maximum absolute atomic E-state index is 5.81. The van der Waals surface area contributed by atoms with Crippen LogP contribution in [0.15, 0.2) is 52.9 Å². The van der Waals surface area contributed by atoms with Gasteiger partial charge in [0.05, 0.1) is 18.0 Å². The van der Waals surface area contributed by atoms with E-state index in [4.69, 9.17) is 9.15 Å². The van der Waals surface area contributed by atoms with Crippen molar-refractivity contribution in [1.82, 2.24) is 4.98 Å². The fourth-order valence-corrected chi connectivity index (χ4v) is 2.55. The van der Waals surface area contributed by atoms with E-state index in [0.29, 0.717) is 5.71 Å². The number of furan rings is 1. The molecule has 3 heteroatoms. The minimum Gasteiger partial charge on any atom is -0.495 e. The molecule has 2 aromatic heterocycles. The van der Waals surface area contributed by atoms with Crippen LogP contribution in [-0.2, 0) is 0 Å². The molecular formula is C16H11NO2. The highest BCUT2D eigenvalue weighted by molar-refractivity contribution is 6.12. The lowest BCUT2D eigenvalue weighted by atomic mass is 10.1. The molecule has 3 nitrogen and oxygen atoms in total. The van der Waals surface area contributed by atoms with Gasteiger partial charge >= 0.3 is 0 Å². The van der Waals surface area contributed by atoms with Crippen LogP contribution in [0.3, 0.4) is 0 Å². The predicted octanol–water partition coefficient (Wildman–Crippen LogP) is 4.14. The lowest BCUT2D eigenvalue weighted by Gasteiger charge is -2.05. The van der Waals surface area contributed by atoms with Crippen LogP contribution in [0.4, 0.5) is 0 Å². The number of rotatable bonds is 1.